The number of allylic oxidation sites excluding steroid dienone is 4. The monoisotopic (exact) mass is 224 g/mol. The van der Waals surface area contributed by atoms with E-state index in [-0.39, 0.29) is 29.5 Å². The maximum atomic E-state index is 10.4. The van der Waals surface area contributed by atoms with E-state index in [1.165, 1.54) is 0 Å². The Morgan fingerprint density at radius 3 is 2.30 bits per heavy atom. The Labute approximate surface area is 80.4 Å². The van der Waals surface area contributed by atoms with Crippen LogP contribution in [0.3, 0.4) is 0 Å². The Kier molecular flexibility index (Phi) is 7.70. The predicted octanol–water partition coefficient (Wildman–Crippen LogP) is 1.79. The van der Waals surface area contributed by atoms with Crippen molar-refractivity contribution in [2.24, 2.45) is 0 Å². The van der Waals surface area contributed by atoms with E-state index in [0.717, 1.165) is 12.0 Å². The van der Waals surface area contributed by atoms with Gasteiger partial charge in [0.25, 0.3) is 0 Å². The molecule has 0 fully saturated rings. The minimum atomic E-state index is -0.123. The molecule has 0 aliphatic heterocycles. The van der Waals surface area contributed by atoms with Gasteiger partial charge in [-0.25, -0.2) is 0 Å². The fourth-order valence-corrected chi connectivity index (χ4v) is 0.778. The molecule has 0 heterocycles. The predicted molar refractivity (Wildman–Crippen MR) is 41.3 cm³/mol. The van der Waals surface area contributed by atoms with Crippen LogP contribution >= 0.6 is 24.8 Å². The Balaban J connectivity index is 0. The molecule has 0 bridgehead atoms. The molecule has 10 heavy (non-hydrogen) atoms. The van der Waals surface area contributed by atoms with Gasteiger partial charge in [0.15, 0.2) is 0 Å². The zero-order valence-corrected chi connectivity index (χ0v) is 7.67. The Morgan fingerprint density at radius 2 is 2.10 bits per heavy atom. The molecule has 0 aromatic carbocycles. The van der Waals surface area contributed by atoms with Crippen LogP contribution in [0.2, 0.25) is 0 Å². The molecule has 0 spiro atoms. The van der Waals surface area contributed by atoms with Gasteiger partial charge in [-0.3, -0.25) is 0 Å². The molecule has 1 aliphatic carbocycles. The van der Waals surface area contributed by atoms with Gasteiger partial charge in [-0.2, -0.15) is 0 Å². The summed E-state index contributed by atoms with van der Waals surface area (Å²) in [6.45, 7) is 0. The quantitative estimate of drug-likeness (QED) is 0.664. The standard InChI is InChI=1S/C6H5O.2ClH.Co/c7-5-6-3-1-2-4-6;;;/h1-3H,4H2;2*1H;. The van der Waals surface area contributed by atoms with Crippen LogP contribution in [0.5, 0.6) is 0 Å². The van der Waals surface area contributed by atoms with E-state index in [1.54, 1.807) is 6.08 Å². The molecule has 0 N–H and O–H groups in total. The van der Waals surface area contributed by atoms with E-state index in [9.17, 15) is 4.79 Å². The van der Waals surface area contributed by atoms with Crippen molar-refractivity contribution in [3.8, 4) is 0 Å². The molecule has 1 aliphatic rings. The molecular weight excluding hydrogens is 218 g/mol. The SMILES string of the molecule is Cl.Cl.O=[C]([Co])C1=CC=CC1. The molecule has 60 valence electrons. The van der Waals surface area contributed by atoms with Gasteiger partial charge in [0.05, 0.1) is 0 Å². The van der Waals surface area contributed by atoms with Crippen molar-refractivity contribution in [2.75, 3.05) is 0 Å². The van der Waals surface area contributed by atoms with E-state index >= 15 is 0 Å². The van der Waals surface area contributed by atoms with Gasteiger partial charge in [0, 0.05) is 0 Å². The van der Waals surface area contributed by atoms with E-state index in [1.807, 2.05) is 12.2 Å². The van der Waals surface area contributed by atoms with Gasteiger partial charge >= 0.3 is 55.5 Å². The molecule has 0 atom stereocenters. The van der Waals surface area contributed by atoms with E-state index in [2.05, 4.69) is 15.7 Å². The summed E-state index contributed by atoms with van der Waals surface area (Å²) in [6, 6.07) is 0. The molecule has 0 amide bonds. The fourth-order valence-electron chi connectivity index (χ4n) is 0.585. The van der Waals surface area contributed by atoms with Crippen molar-refractivity contribution in [3.63, 3.8) is 0 Å². The second-order valence-corrected chi connectivity index (χ2v) is 2.05. The van der Waals surface area contributed by atoms with E-state index in [0.29, 0.717) is 0 Å². The first-order chi connectivity index (χ1) is 3.80. The summed E-state index contributed by atoms with van der Waals surface area (Å²) in [4.78, 5) is 10.4. The first-order valence-corrected chi connectivity index (χ1v) is 2.86. The van der Waals surface area contributed by atoms with Crippen molar-refractivity contribution in [2.45, 2.75) is 6.42 Å². The van der Waals surface area contributed by atoms with E-state index in [4.69, 9.17) is 0 Å². The van der Waals surface area contributed by atoms with Crippen LogP contribution in [0.1, 0.15) is 6.42 Å². The van der Waals surface area contributed by atoms with Gasteiger partial charge in [-0.1, -0.05) is 0 Å². The fraction of sp³-hybridized carbons (Fsp3) is 0.167. The Hall–Kier alpha value is 0.236. The third-order valence-electron chi connectivity index (χ3n) is 1.01. The Bertz CT molecular complexity index is 175. The molecule has 0 aromatic rings. The second kappa shape index (κ2) is 5.98. The van der Waals surface area contributed by atoms with Crippen LogP contribution in [0.25, 0.3) is 0 Å². The topological polar surface area (TPSA) is 17.1 Å². The molecule has 1 rings (SSSR count). The number of hydrogen-bond acceptors (Lipinski definition) is 1. The molecule has 0 unspecified atom stereocenters. The first kappa shape index (κ1) is 12.9. The number of carbonyl (C=O) groups is 1. The first-order valence-electron chi connectivity index (χ1n) is 2.34. The Morgan fingerprint density at radius 1 is 1.50 bits per heavy atom. The molecule has 0 saturated carbocycles. The number of rotatable bonds is 1. The van der Waals surface area contributed by atoms with Gasteiger partial charge in [-0.15, -0.1) is 24.8 Å². The van der Waals surface area contributed by atoms with Crippen LogP contribution in [-0.2, 0) is 20.5 Å². The van der Waals surface area contributed by atoms with Gasteiger partial charge < -0.3 is 0 Å². The van der Waals surface area contributed by atoms with Crippen molar-refractivity contribution in [1.82, 2.24) is 0 Å². The van der Waals surface area contributed by atoms with Crippen LogP contribution < -0.4 is 0 Å². The van der Waals surface area contributed by atoms with Gasteiger partial charge in [0.2, 0.25) is 0 Å². The molecule has 0 radical (unpaired) electrons. The summed E-state index contributed by atoms with van der Waals surface area (Å²) in [7, 11) is 0. The van der Waals surface area contributed by atoms with Crippen molar-refractivity contribution in [3.05, 3.63) is 23.8 Å². The van der Waals surface area contributed by atoms with Crippen LogP contribution in [-0.4, -0.2) is 4.72 Å². The number of hydrogen-bond donors (Lipinski definition) is 0. The maximum absolute atomic E-state index is 10.4. The third kappa shape index (κ3) is 3.42. The van der Waals surface area contributed by atoms with Gasteiger partial charge in [0.1, 0.15) is 0 Å². The zero-order valence-electron chi connectivity index (χ0n) is 5.00. The average Bonchev–Trinajstić information content (AvgIpc) is 2.12. The van der Waals surface area contributed by atoms with Crippen LogP contribution in [0.4, 0.5) is 0 Å². The van der Waals surface area contributed by atoms with Crippen molar-refractivity contribution in [1.29, 1.82) is 0 Å². The molecule has 4 heteroatoms. The molecule has 0 aromatic heterocycles. The molecule has 0 saturated heterocycles. The molecular formula is C6H7Cl2CoO. The average molecular weight is 225 g/mol. The summed E-state index contributed by atoms with van der Waals surface area (Å²) >= 11 is 3.69. The van der Waals surface area contributed by atoms with E-state index < -0.39 is 0 Å². The van der Waals surface area contributed by atoms with Crippen LogP contribution in [0.15, 0.2) is 23.8 Å². The summed E-state index contributed by atoms with van der Waals surface area (Å²) in [6.07, 6.45) is 6.33. The third-order valence-corrected chi connectivity index (χ3v) is 1.34. The zero-order chi connectivity index (χ0) is 5.98. The second-order valence-electron chi connectivity index (χ2n) is 1.58. The summed E-state index contributed by atoms with van der Waals surface area (Å²) in [5.41, 5.74) is 0.782. The van der Waals surface area contributed by atoms with Crippen LogP contribution in [0, 0.1) is 0 Å². The normalized spacial score (nSPS) is 13.2. The van der Waals surface area contributed by atoms with Crippen molar-refractivity contribution >= 4 is 29.5 Å². The summed E-state index contributed by atoms with van der Waals surface area (Å²) in [5, 5.41) is 0. The minimum absolute atomic E-state index is 0. The number of carbonyl (C=O) groups excluding carboxylic acids is 1. The number of halogens is 2. The molecule has 1 nitrogen and oxygen atoms in total. The van der Waals surface area contributed by atoms with Crippen molar-refractivity contribution < 1.29 is 20.5 Å². The summed E-state index contributed by atoms with van der Waals surface area (Å²) < 4.78 is -0.123. The summed E-state index contributed by atoms with van der Waals surface area (Å²) in [5.74, 6) is 0. The van der Waals surface area contributed by atoms with Gasteiger partial charge in [-0.05, 0) is 0 Å².